The second kappa shape index (κ2) is 4.06. The van der Waals surface area contributed by atoms with E-state index in [9.17, 15) is 4.39 Å². The molecule has 1 N–H and O–H groups in total. The summed E-state index contributed by atoms with van der Waals surface area (Å²) in [6.07, 6.45) is 1.54. The maximum absolute atomic E-state index is 12.5. The van der Waals surface area contributed by atoms with Crippen LogP contribution in [-0.2, 0) is 0 Å². The molecule has 0 atom stereocenters. The zero-order valence-corrected chi connectivity index (χ0v) is 6.28. The third-order valence-corrected chi connectivity index (χ3v) is 0.995. The minimum atomic E-state index is -0.319. The lowest BCUT2D eigenvalue weighted by atomic mass is 10.4. The van der Waals surface area contributed by atoms with E-state index < -0.39 is 0 Å². The summed E-state index contributed by atoms with van der Waals surface area (Å²) >= 11 is 0. The summed E-state index contributed by atoms with van der Waals surface area (Å²) in [5.74, 6) is -0.0301. The van der Waals surface area contributed by atoms with E-state index in [2.05, 4.69) is 10.3 Å². The first-order valence-corrected chi connectivity index (χ1v) is 2.63. The minimum absolute atomic E-state index is 0. The highest BCUT2D eigenvalue weighted by Crippen LogP contribution is 2.05. The normalized spacial score (nSPS) is 8.20. The van der Waals surface area contributed by atoms with Gasteiger partial charge in [-0.25, -0.2) is 9.37 Å². The van der Waals surface area contributed by atoms with Crippen LogP contribution < -0.4 is 5.32 Å². The fourth-order valence-electron chi connectivity index (χ4n) is 0.570. The molecule has 1 rings (SSSR count). The number of halogens is 2. The van der Waals surface area contributed by atoms with Crippen molar-refractivity contribution in [3.05, 3.63) is 24.1 Å². The average molecular weight is 163 g/mol. The molecule has 0 aliphatic carbocycles. The van der Waals surface area contributed by atoms with Gasteiger partial charge in [0.25, 0.3) is 0 Å². The third-order valence-electron chi connectivity index (χ3n) is 0.995. The molecule has 1 aromatic rings. The summed E-state index contributed by atoms with van der Waals surface area (Å²) in [7, 11) is 1.63. The molecule has 0 saturated carbocycles. The fraction of sp³-hybridized carbons (Fsp3) is 0.167. The first-order valence-electron chi connectivity index (χ1n) is 2.63. The zero-order chi connectivity index (χ0) is 6.69. The van der Waals surface area contributed by atoms with Gasteiger partial charge in [0.05, 0.1) is 0 Å². The molecule has 0 aromatic carbocycles. The molecule has 0 saturated heterocycles. The third kappa shape index (κ3) is 1.84. The molecule has 10 heavy (non-hydrogen) atoms. The SMILES string of the molecule is CNc1ncccc1F.Cl. The number of rotatable bonds is 1. The number of pyridine rings is 1. The van der Waals surface area contributed by atoms with Gasteiger partial charge in [-0.1, -0.05) is 0 Å². The maximum Gasteiger partial charge on any atom is 0.165 e. The number of anilines is 1. The molecule has 2 nitrogen and oxygen atoms in total. The molecule has 0 aliphatic heterocycles. The van der Waals surface area contributed by atoms with Crippen LogP contribution in [0.3, 0.4) is 0 Å². The van der Waals surface area contributed by atoms with Crippen molar-refractivity contribution in [2.45, 2.75) is 0 Å². The van der Waals surface area contributed by atoms with Crippen molar-refractivity contribution in [1.82, 2.24) is 4.98 Å². The Bertz CT molecular complexity index is 205. The summed E-state index contributed by atoms with van der Waals surface area (Å²) in [4.78, 5) is 3.71. The molecule has 4 heteroatoms. The molecule has 1 heterocycles. The van der Waals surface area contributed by atoms with E-state index in [0.717, 1.165) is 0 Å². The molecule has 0 radical (unpaired) electrons. The van der Waals surface area contributed by atoms with Gasteiger partial charge in [-0.3, -0.25) is 0 Å². The predicted molar refractivity (Wildman–Crippen MR) is 41.0 cm³/mol. The van der Waals surface area contributed by atoms with Gasteiger partial charge in [0.1, 0.15) is 0 Å². The highest BCUT2D eigenvalue weighted by Gasteiger charge is 1.95. The van der Waals surface area contributed by atoms with E-state index in [1.54, 1.807) is 13.1 Å². The number of hydrogen-bond acceptors (Lipinski definition) is 2. The molecular weight excluding hydrogens is 155 g/mol. The highest BCUT2D eigenvalue weighted by molar-refractivity contribution is 5.85. The first-order chi connectivity index (χ1) is 4.34. The van der Waals surface area contributed by atoms with Crippen LogP contribution in [0.25, 0.3) is 0 Å². The first kappa shape index (κ1) is 9.17. The second-order valence-corrected chi connectivity index (χ2v) is 1.58. The van der Waals surface area contributed by atoms with E-state index in [4.69, 9.17) is 0 Å². The van der Waals surface area contributed by atoms with Crippen molar-refractivity contribution in [3.63, 3.8) is 0 Å². The topological polar surface area (TPSA) is 24.9 Å². The van der Waals surface area contributed by atoms with Crippen LogP contribution in [0.5, 0.6) is 0 Å². The number of nitrogens with zero attached hydrogens (tertiary/aromatic N) is 1. The Labute approximate surface area is 64.9 Å². The molecular formula is C6H8ClFN2. The van der Waals surface area contributed by atoms with Crippen LogP contribution >= 0.6 is 12.4 Å². The zero-order valence-electron chi connectivity index (χ0n) is 5.47. The Morgan fingerprint density at radius 2 is 2.30 bits per heavy atom. The second-order valence-electron chi connectivity index (χ2n) is 1.58. The van der Waals surface area contributed by atoms with Crippen LogP contribution in [0.15, 0.2) is 18.3 Å². The molecule has 0 fully saturated rings. The van der Waals surface area contributed by atoms with Crippen molar-refractivity contribution in [2.75, 3.05) is 12.4 Å². The molecule has 1 aromatic heterocycles. The van der Waals surface area contributed by atoms with Gasteiger partial charge < -0.3 is 5.32 Å². The summed E-state index contributed by atoms with van der Waals surface area (Å²) in [5.41, 5.74) is 0. The van der Waals surface area contributed by atoms with Crippen molar-refractivity contribution in [2.24, 2.45) is 0 Å². The van der Waals surface area contributed by atoms with E-state index >= 15 is 0 Å². The van der Waals surface area contributed by atoms with Crippen LogP contribution in [0.2, 0.25) is 0 Å². The largest absolute Gasteiger partial charge is 0.371 e. The fourth-order valence-corrected chi connectivity index (χ4v) is 0.570. The average Bonchev–Trinajstić information content (AvgIpc) is 1.89. The van der Waals surface area contributed by atoms with Gasteiger partial charge in [-0.05, 0) is 12.1 Å². The molecule has 56 valence electrons. The van der Waals surface area contributed by atoms with Crippen molar-refractivity contribution in [1.29, 1.82) is 0 Å². The molecule has 0 amide bonds. The van der Waals surface area contributed by atoms with Crippen LogP contribution in [0.4, 0.5) is 10.2 Å². The molecule has 0 bridgehead atoms. The smallest absolute Gasteiger partial charge is 0.165 e. The predicted octanol–water partition coefficient (Wildman–Crippen LogP) is 1.68. The summed E-state index contributed by atoms with van der Waals surface area (Å²) in [6, 6.07) is 2.91. The van der Waals surface area contributed by atoms with Gasteiger partial charge >= 0.3 is 0 Å². The van der Waals surface area contributed by atoms with Gasteiger partial charge in [-0.2, -0.15) is 0 Å². The Balaban J connectivity index is 0.000000810. The Morgan fingerprint density at radius 1 is 1.60 bits per heavy atom. The maximum atomic E-state index is 12.5. The van der Waals surface area contributed by atoms with Gasteiger partial charge in [-0.15, -0.1) is 12.4 Å². The Morgan fingerprint density at radius 3 is 2.70 bits per heavy atom. The van der Waals surface area contributed by atoms with Crippen LogP contribution in [0, 0.1) is 5.82 Å². The molecule has 0 unspecified atom stereocenters. The number of nitrogens with one attached hydrogen (secondary N) is 1. The Hall–Kier alpha value is -0.830. The molecule has 0 aliphatic rings. The lowest BCUT2D eigenvalue weighted by molar-refractivity contribution is 0.626. The lowest BCUT2D eigenvalue weighted by Crippen LogP contribution is -1.94. The summed E-state index contributed by atoms with van der Waals surface area (Å²) in [6.45, 7) is 0. The van der Waals surface area contributed by atoms with Crippen molar-refractivity contribution >= 4 is 18.2 Å². The molecule has 0 spiro atoms. The van der Waals surface area contributed by atoms with Crippen LogP contribution in [0.1, 0.15) is 0 Å². The minimum Gasteiger partial charge on any atom is -0.371 e. The number of aromatic nitrogens is 1. The van der Waals surface area contributed by atoms with Crippen molar-refractivity contribution in [3.8, 4) is 0 Å². The highest BCUT2D eigenvalue weighted by atomic mass is 35.5. The summed E-state index contributed by atoms with van der Waals surface area (Å²) < 4.78 is 12.5. The lowest BCUT2D eigenvalue weighted by Gasteiger charge is -1.96. The van der Waals surface area contributed by atoms with Gasteiger partial charge in [0.15, 0.2) is 11.6 Å². The van der Waals surface area contributed by atoms with Crippen molar-refractivity contribution < 1.29 is 4.39 Å². The van der Waals surface area contributed by atoms with E-state index in [-0.39, 0.29) is 24.0 Å². The van der Waals surface area contributed by atoms with Gasteiger partial charge in [0, 0.05) is 13.2 Å². The van der Waals surface area contributed by atoms with Crippen LogP contribution in [-0.4, -0.2) is 12.0 Å². The van der Waals surface area contributed by atoms with E-state index in [0.29, 0.717) is 0 Å². The van der Waals surface area contributed by atoms with Gasteiger partial charge in [0.2, 0.25) is 0 Å². The Kier molecular flexibility index (Phi) is 3.72. The van der Waals surface area contributed by atoms with E-state index in [1.165, 1.54) is 12.3 Å². The monoisotopic (exact) mass is 162 g/mol. The quantitative estimate of drug-likeness (QED) is 0.680. The van der Waals surface area contributed by atoms with E-state index in [1.807, 2.05) is 0 Å². The summed E-state index contributed by atoms with van der Waals surface area (Å²) in [5, 5.41) is 2.61. The standard InChI is InChI=1S/C6H7FN2.ClH/c1-8-6-5(7)3-2-4-9-6;/h2-4H,1H3,(H,8,9);1H. The number of hydrogen-bond donors (Lipinski definition) is 1.